The van der Waals surface area contributed by atoms with Crippen LogP contribution in [0.25, 0.3) is 6.08 Å². The molecule has 5 heteroatoms. The van der Waals surface area contributed by atoms with Crippen molar-refractivity contribution in [3.05, 3.63) is 105 Å². The number of hydrogen-bond donors (Lipinski definition) is 1. The Morgan fingerprint density at radius 1 is 1.07 bits per heavy atom. The van der Waals surface area contributed by atoms with E-state index in [1.807, 2.05) is 18.2 Å². The van der Waals surface area contributed by atoms with Crippen LogP contribution in [0.5, 0.6) is 0 Å². The molecule has 0 bridgehead atoms. The summed E-state index contributed by atoms with van der Waals surface area (Å²) in [4.78, 5) is 12.4. The van der Waals surface area contributed by atoms with E-state index in [1.165, 1.54) is 47.0 Å². The molecule has 0 heterocycles. The van der Waals surface area contributed by atoms with Gasteiger partial charge in [-0.1, -0.05) is 53.1 Å². The zero-order valence-electron chi connectivity index (χ0n) is 16.7. The topological polar surface area (TPSA) is 52.9 Å². The second kappa shape index (κ2) is 9.39. The molecule has 0 aliphatic rings. The van der Waals surface area contributed by atoms with Gasteiger partial charge in [0.25, 0.3) is 5.91 Å². The Labute approximate surface area is 180 Å². The molecule has 0 saturated carbocycles. The summed E-state index contributed by atoms with van der Waals surface area (Å²) in [5.74, 6) is -0.973. The van der Waals surface area contributed by atoms with Crippen LogP contribution in [0.3, 0.4) is 0 Å². The maximum Gasteiger partial charge on any atom is 0.266 e. The van der Waals surface area contributed by atoms with Crippen LogP contribution in [0.4, 0.5) is 10.1 Å². The number of halogens is 2. The molecule has 0 saturated heterocycles. The van der Waals surface area contributed by atoms with E-state index in [1.54, 1.807) is 6.07 Å². The zero-order valence-corrected chi connectivity index (χ0v) is 17.4. The molecule has 0 aromatic heterocycles. The highest BCUT2D eigenvalue weighted by Gasteiger charge is 2.11. The van der Waals surface area contributed by atoms with E-state index in [-0.39, 0.29) is 5.57 Å². The molecular weight excluding hydrogens is 399 g/mol. The van der Waals surface area contributed by atoms with Gasteiger partial charge in [0.15, 0.2) is 0 Å². The van der Waals surface area contributed by atoms with Gasteiger partial charge in [0, 0.05) is 10.7 Å². The van der Waals surface area contributed by atoms with Gasteiger partial charge in [-0.15, -0.1) is 0 Å². The first-order chi connectivity index (χ1) is 14.3. The van der Waals surface area contributed by atoms with Crippen molar-refractivity contribution in [2.24, 2.45) is 0 Å². The van der Waals surface area contributed by atoms with Crippen LogP contribution in [-0.4, -0.2) is 5.91 Å². The van der Waals surface area contributed by atoms with Crippen molar-refractivity contribution in [2.75, 3.05) is 5.32 Å². The maximum atomic E-state index is 13.0. The first kappa shape index (κ1) is 21.3. The number of nitrogens with zero attached hydrogens (tertiary/aromatic N) is 1. The van der Waals surface area contributed by atoms with E-state index >= 15 is 0 Å². The van der Waals surface area contributed by atoms with Gasteiger partial charge in [0.2, 0.25) is 0 Å². The Morgan fingerprint density at radius 3 is 2.33 bits per heavy atom. The number of aryl methyl sites for hydroxylation is 2. The van der Waals surface area contributed by atoms with Gasteiger partial charge in [0.05, 0.1) is 0 Å². The van der Waals surface area contributed by atoms with Gasteiger partial charge >= 0.3 is 0 Å². The molecule has 3 aromatic carbocycles. The Balaban J connectivity index is 1.78. The summed E-state index contributed by atoms with van der Waals surface area (Å²) < 4.78 is 13.0. The van der Waals surface area contributed by atoms with E-state index in [2.05, 4.69) is 37.4 Å². The van der Waals surface area contributed by atoms with Crippen molar-refractivity contribution in [2.45, 2.75) is 20.3 Å². The molecule has 150 valence electrons. The second-order valence-corrected chi connectivity index (χ2v) is 7.56. The van der Waals surface area contributed by atoms with Crippen LogP contribution in [0.2, 0.25) is 5.02 Å². The first-order valence-electron chi connectivity index (χ1n) is 9.38. The molecule has 3 aromatic rings. The molecule has 3 nitrogen and oxygen atoms in total. The van der Waals surface area contributed by atoms with Crippen molar-refractivity contribution < 1.29 is 9.18 Å². The largest absolute Gasteiger partial charge is 0.321 e. The number of carbonyl (C=O) groups excluding carboxylic acids is 1. The number of hydrogen-bond acceptors (Lipinski definition) is 2. The molecule has 30 heavy (non-hydrogen) atoms. The Kier molecular flexibility index (Phi) is 6.66. The number of amides is 1. The second-order valence-electron chi connectivity index (χ2n) is 7.15. The van der Waals surface area contributed by atoms with Crippen molar-refractivity contribution >= 4 is 29.3 Å². The Morgan fingerprint density at radius 2 is 1.73 bits per heavy atom. The molecular formula is C25H20ClFN2O. The minimum Gasteiger partial charge on any atom is -0.321 e. The number of benzene rings is 3. The fourth-order valence-corrected chi connectivity index (χ4v) is 3.49. The molecule has 0 fully saturated rings. The van der Waals surface area contributed by atoms with E-state index in [0.717, 1.165) is 5.56 Å². The predicted octanol–water partition coefficient (Wildman–Crippen LogP) is 6.23. The highest BCUT2D eigenvalue weighted by Crippen LogP contribution is 2.23. The van der Waals surface area contributed by atoms with Gasteiger partial charge in [0.1, 0.15) is 17.5 Å². The highest BCUT2D eigenvalue weighted by atomic mass is 35.5. The third-order valence-electron chi connectivity index (χ3n) is 4.53. The fraction of sp³-hybridized carbons (Fsp3) is 0.120. The lowest BCUT2D eigenvalue weighted by atomic mass is 9.99. The lowest BCUT2D eigenvalue weighted by molar-refractivity contribution is -0.112. The number of carbonyl (C=O) groups is 1. The SMILES string of the molecule is Cc1cc(C)cc(Cc2ccc(/C=C(\C#N)C(=O)Nc3ccc(F)cc3)cc2Cl)c1. The van der Waals surface area contributed by atoms with Crippen molar-refractivity contribution in [1.29, 1.82) is 5.26 Å². The Hall–Kier alpha value is -3.42. The minimum atomic E-state index is -0.570. The zero-order chi connectivity index (χ0) is 21.7. The molecule has 0 spiro atoms. The number of nitrogens with one attached hydrogen (secondary N) is 1. The number of anilines is 1. The van der Waals surface area contributed by atoms with E-state index < -0.39 is 11.7 Å². The van der Waals surface area contributed by atoms with E-state index in [9.17, 15) is 14.4 Å². The Bertz CT molecular complexity index is 1140. The predicted molar refractivity (Wildman–Crippen MR) is 119 cm³/mol. The van der Waals surface area contributed by atoms with Gasteiger partial charge < -0.3 is 5.32 Å². The quantitative estimate of drug-likeness (QED) is 0.394. The van der Waals surface area contributed by atoms with Crippen LogP contribution in [0.1, 0.15) is 27.8 Å². The number of rotatable bonds is 5. The summed E-state index contributed by atoms with van der Waals surface area (Å²) in [6, 6.07) is 19.1. The average Bonchev–Trinajstić information content (AvgIpc) is 2.69. The van der Waals surface area contributed by atoms with Crippen LogP contribution in [0.15, 0.2) is 66.2 Å². The normalized spacial score (nSPS) is 11.1. The summed E-state index contributed by atoms with van der Waals surface area (Å²) in [7, 11) is 0. The van der Waals surface area contributed by atoms with Crippen molar-refractivity contribution in [1.82, 2.24) is 0 Å². The summed E-state index contributed by atoms with van der Waals surface area (Å²) >= 11 is 6.46. The standard InChI is InChI=1S/C25H20ClFN2O/c1-16-9-17(2)11-19(10-16)13-20-4-3-18(14-24(20)26)12-21(15-28)25(30)29-23-7-5-22(27)6-8-23/h3-12,14H,13H2,1-2H3,(H,29,30)/b21-12+. The molecule has 1 N–H and O–H groups in total. The number of nitriles is 1. The van der Waals surface area contributed by atoms with Crippen LogP contribution < -0.4 is 5.32 Å². The average molecular weight is 419 g/mol. The molecule has 0 atom stereocenters. The van der Waals surface area contributed by atoms with Gasteiger partial charge in [-0.3, -0.25) is 4.79 Å². The molecule has 0 unspecified atom stereocenters. The van der Waals surface area contributed by atoms with Crippen molar-refractivity contribution in [3.63, 3.8) is 0 Å². The first-order valence-corrected chi connectivity index (χ1v) is 9.76. The van der Waals surface area contributed by atoms with Crippen LogP contribution in [-0.2, 0) is 11.2 Å². The van der Waals surface area contributed by atoms with Gasteiger partial charge in [-0.05, 0) is 73.4 Å². The highest BCUT2D eigenvalue weighted by molar-refractivity contribution is 6.31. The third kappa shape index (κ3) is 5.56. The smallest absolute Gasteiger partial charge is 0.266 e. The van der Waals surface area contributed by atoms with Crippen molar-refractivity contribution in [3.8, 4) is 6.07 Å². The van der Waals surface area contributed by atoms with E-state index in [0.29, 0.717) is 22.7 Å². The summed E-state index contributed by atoms with van der Waals surface area (Å²) in [6.45, 7) is 4.12. The molecule has 1 amide bonds. The summed E-state index contributed by atoms with van der Waals surface area (Å²) in [5.41, 5.74) is 5.52. The summed E-state index contributed by atoms with van der Waals surface area (Å²) in [6.07, 6.45) is 2.17. The third-order valence-corrected chi connectivity index (χ3v) is 4.88. The molecule has 0 aliphatic heterocycles. The van der Waals surface area contributed by atoms with Crippen LogP contribution >= 0.6 is 11.6 Å². The maximum absolute atomic E-state index is 13.0. The van der Waals surface area contributed by atoms with Crippen LogP contribution in [0, 0.1) is 31.0 Å². The van der Waals surface area contributed by atoms with Gasteiger partial charge in [-0.2, -0.15) is 5.26 Å². The molecule has 0 aliphatic carbocycles. The fourth-order valence-electron chi connectivity index (χ4n) is 3.23. The summed E-state index contributed by atoms with van der Waals surface area (Å²) in [5, 5.41) is 12.5. The lowest BCUT2D eigenvalue weighted by Crippen LogP contribution is -2.13. The molecule has 0 radical (unpaired) electrons. The monoisotopic (exact) mass is 418 g/mol. The minimum absolute atomic E-state index is 0.0718. The van der Waals surface area contributed by atoms with E-state index in [4.69, 9.17) is 11.6 Å². The molecule has 3 rings (SSSR count). The lowest BCUT2D eigenvalue weighted by Gasteiger charge is -2.08. The van der Waals surface area contributed by atoms with Gasteiger partial charge in [-0.25, -0.2) is 4.39 Å².